The Balaban J connectivity index is 1.84. The molecule has 0 fully saturated rings. The van der Waals surface area contributed by atoms with E-state index in [-0.39, 0.29) is 19.0 Å². The summed E-state index contributed by atoms with van der Waals surface area (Å²) in [6.45, 7) is 0.335. The maximum absolute atomic E-state index is 12.0. The number of sulfone groups is 1. The van der Waals surface area contributed by atoms with Gasteiger partial charge in [-0.15, -0.1) is 0 Å². The van der Waals surface area contributed by atoms with Gasteiger partial charge in [-0.3, -0.25) is 0 Å². The molecule has 2 aromatic carbocycles. The zero-order chi connectivity index (χ0) is 17.6. The normalized spacial score (nSPS) is 11.1. The molecule has 0 spiro atoms. The number of esters is 1. The van der Waals surface area contributed by atoms with Gasteiger partial charge in [0.1, 0.15) is 19.0 Å². The van der Waals surface area contributed by atoms with Gasteiger partial charge in [-0.05, 0) is 42.0 Å². The maximum atomic E-state index is 12.0. The Kier molecular flexibility index (Phi) is 6.39. The van der Waals surface area contributed by atoms with E-state index in [1.54, 1.807) is 30.3 Å². The Morgan fingerprint density at radius 2 is 1.79 bits per heavy atom. The zero-order valence-electron chi connectivity index (χ0n) is 13.1. The maximum Gasteiger partial charge on any atom is 0.338 e. The summed E-state index contributed by atoms with van der Waals surface area (Å²) in [4.78, 5) is 12.0. The number of benzene rings is 2. The summed E-state index contributed by atoms with van der Waals surface area (Å²) < 4.78 is 34.2. The molecule has 128 valence electrons. The summed E-state index contributed by atoms with van der Waals surface area (Å²) >= 11 is 3.33. The van der Waals surface area contributed by atoms with Gasteiger partial charge in [0.2, 0.25) is 0 Å². The Hall–Kier alpha value is -1.86. The van der Waals surface area contributed by atoms with Crippen LogP contribution in [0.4, 0.5) is 0 Å². The van der Waals surface area contributed by atoms with Crippen LogP contribution in [0.25, 0.3) is 0 Å². The molecule has 0 unspecified atom stereocenters. The molecular weight excluding hydrogens is 396 g/mol. The SMILES string of the molecule is CS(=O)(=O)Cc1cccc(C(=O)OCCOc2ccc(Br)cc2)c1. The van der Waals surface area contributed by atoms with E-state index in [1.807, 2.05) is 12.1 Å². The van der Waals surface area contributed by atoms with Crippen molar-refractivity contribution in [3.8, 4) is 5.75 Å². The van der Waals surface area contributed by atoms with Crippen LogP contribution in [0.3, 0.4) is 0 Å². The fourth-order valence-electron chi connectivity index (χ4n) is 2.00. The minimum absolute atomic E-state index is 0.102. The van der Waals surface area contributed by atoms with Crippen molar-refractivity contribution in [1.82, 2.24) is 0 Å². The smallest absolute Gasteiger partial charge is 0.338 e. The van der Waals surface area contributed by atoms with Crippen LogP contribution < -0.4 is 4.74 Å². The fourth-order valence-corrected chi connectivity index (χ4v) is 3.05. The molecule has 0 saturated carbocycles. The van der Waals surface area contributed by atoms with E-state index in [0.29, 0.717) is 16.9 Å². The van der Waals surface area contributed by atoms with Crippen LogP contribution in [0, 0.1) is 0 Å². The van der Waals surface area contributed by atoms with Gasteiger partial charge in [-0.25, -0.2) is 13.2 Å². The molecule has 2 aromatic rings. The van der Waals surface area contributed by atoms with Crippen molar-refractivity contribution in [3.63, 3.8) is 0 Å². The van der Waals surface area contributed by atoms with Gasteiger partial charge in [0.25, 0.3) is 0 Å². The van der Waals surface area contributed by atoms with E-state index in [0.717, 1.165) is 10.7 Å². The molecule has 0 aliphatic rings. The van der Waals surface area contributed by atoms with Crippen LogP contribution in [-0.2, 0) is 20.3 Å². The highest BCUT2D eigenvalue weighted by Gasteiger charge is 2.10. The molecule has 5 nitrogen and oxygen atoms in total. The monoisotopic (exact) mass is 412 g/mol. The van der Waals surface area contributed by atoms with Gasteiger partial charge >= 0.3 is 5.97 Å². The minimum Gasteiger partial charge on any atom is -0.490 e. The highest BCUT2D eigenvalue weighted by molar-refractivity contribution is 9.10. The molecular formula is C17H17BrO5S. The predicted octanol–water partition coefficient (Wildman–Crippen LogP) is 3.23. The van der Waals surface area contributed by atoms with Crippen molar-refractivity contribution >= 4 is 31.7 Å². The predicted molar refractivity (Wildman–Crippen MR) is 94.9 cm³/mol. The van der Waals surface area contributed by atoms with Gasteiger partial charge in [0.05, 0.1) is 11.3 Å². The molecule has 0 atom stereocenters. The summed E-state index contributed by atoms with van der Waals surface area (Å²) in [6, 6.07) is 13.7. The molecule has 0 aliphatic heterocycles. The topological polar surface area (TPSA) is 69.7 Å². The molecule has 2 rings (SSSR count). The average molecular weight is 413 g/mol. The van der Waals surface area contributed by atoms with E-state index in [4.69, 9.17) is 9.47 Å². The lowest BCUT2D eigenvalue weighted by Crippen LogP contribution is -2.12. The standard InChI is InChI=1S/C17H17BrO5S/c1-24(20,21)12-13-3-2-4-14(11-13)17(19)23-10-9-22-16-7-5-15(18)6-8-16/h2-8,11H,9-10,12H2,1H3. The van der Waals surface area contributed by atoms with Crippen LogP contribution >= 0.6 is 15.9 Å². The van der Waals surface area contributed by atoms with E-state index in [9.17, 15) is 13.2 Å². The molecule has 0 aromatic heterocycles. The number of carbonyl (C=O) groups is 1. The van der Waals surface area contributed by atoms with E-state index >= 15 is 0 Å². The number of halogens is 1. The lowest BCUT2D eigenvalue weighted by molar-refractivity contribution is 0.0450. The van der Waals surface area contributed by atoms with Crippen molar-refractivity contribution in [2.24, 2.45) is 0 Å². The third kappa shape index (κ3) is 6.33. The lowest BCUT2D eigenvalue weighted by atomic mass is 10.1. The number of hydrogen-bond donors (Lipinski definition) is 0. The van der Waals surface area contributed by atoms with Crippen molar-refractivity contribution in [3.05, 3.63) is 64.1 Å². The van der Waals surface area contributed by atoms with E-state index in [1.165, 1.54) is 6.07 Å². The highest BCUT2D eigenvalue weighted by atomic mass is 79.9. The summed E-state index contributed by atoms with van der Waals surface area (Å²) in [6.07, 6.45) is 1.15. The first-order valence-corrected chi connectivity index (χ1v) is 10.0. The second kappa shape index (κ2) is 8.30. The zero-order valence-corrected chi connectivity index (χ0v) is 15.5. The largest absolute Gasteiger partial charge is 0.490 e. The molecule has 7 heteroatoms. The summed E-state index contributed by atoms with van der Waals surface area (Å²) in [5, 5.41) is 0. The molecule has 0 radical (unpaired) electrons. The molecule has 0 bridgehead atoms. The van der Waals surface area contributed by atoms with Gasteiger partial charge in [0, 0.05) is 10.7 Å². The second-order valence-corrected chi connectivity index (χ2v) is 8.26. The van der Waals surface area contributed by atoms with E-state index in [2.05, 4.69) is 15.9 Å². The lowest BCUT2D eigenvalue weighted by Gasteiger charge is -2.08. The average Bonchev–Trinajstić information content (AvgIpc) is 2.51. The second-order valence-electron chi connectivity index (χ2n) is 5.21. The number of ether oxygens (including phenoxy) is 2. The van der Waals surface area contributed by atoms with Crippen LogP contribution in [0.1, 0.15) is 15.9 Å². The molecule has 0 heterocycles. The van der Waals surface area contributed by atoms with Crippen molar-refractivity contribution < 1.29 is 22.7 Å². The first-order chi connectivity index (χ1) is 11.3. The van der Waals surface area contributed by atoms with Crippen molar-refractivity contribution in [2.75, 3.05) is 19.5 Å². The number of rotatable bonds is 7. The van der Waals surface area contributed by atoms with Crippen LogP contribution in [-0.4, -0.2) is 33.9 Å². The quantitative estimate of drug-likeness (QED) is 0.515. The van der Waals surface area contributed by atoms with Crippen molar-refractivity contribution in [1.29, 1.82) is 0 Å². The first-order valence-electron chi connectivity index (χ1n) is 7.16. The van der Waals surface area contributed by atoms with Crippen molar-refractivity contribution in [2.45, 2.75) is 5.75 Å². The summed E-state index contributed by atoms with van der Waals surface area (Å²) in [5.74, 6) is 0.0648. The summed E-state index contributed by atoms with van der Waals surface area (Å²) in [5.41, 5.74) is 0.873. The van der Waals surface area contributed by atoms with Crippen LogP contribution in [0.5, 0.6) is 5.75 Å². The molecule has 0 amide bonds. The molecule has 24 heavy (non-hydrogen) atoms. The Labute approximate surface area is 149 Å². The highest BCUT2D eigenvalue weighted by Crippen LogP contribution is 2.16. The first kappa shape index (κ1) is 18.5. The fraction of sp³-hybridized carbons (Fsp3) is 0.235. The van der Waals surface area contributed by atoms with Crippen LogP contribution in [0.2, 0.25) is 0 Å². The number of carbonyl (C=O) groups excluding carboxylic acids is 1. The third-order valence-electron chi connectivity index (χ3n) is 2.99. The summed E-state index contributed by atoms with van der Waals surface area (Å²) in [7, 11) is -3.15. The Morgan fingerprint density at radius 1 is 1.08 bits per heavy atom. The van der Waals surface area contributed by atoms with Gasteiger partial charge < -0.3 is 9.47 Å². The van der Waals surface area contributed by atoms with E-state index < -0.39 is 15.8 Å². The minimum atomic E-state index is -3.15. The molecule has 0 saturated heterocycles. The Bertz CT molecular complexity index is 800. The molecule has 0 N–H and O–H groups in total. The van der Waals surface area contributed by atoms with Gasteiger partial charge in [0.15, 0.2) is 9.84 Å². The van der Waals surface area contributed by atoms with Gasteiger partial charge in [-0.2, -0.15) is 0 Å². The van der Waals surface area contributed by atoms with Gasteiger partial charge in [-0.1, -0.05) is 28.1 Å². The Morgan fingerprint density at radius 3 is 2.46 bits per heavy atom. The molecule has 0 aliphatic carbocycles. The van der Waals surface area contributed by atoms with Crippen LogP contribution in [0.15, 0.2) is 53.0 Å². The third-order valence-corrected chi connectivity index (χ3v) is 4.38. The number of hydrogen-bond acceptors (Lipinski definition) is 5.